The largest absolute Gasteiger partial charge is 0.485 e. The number of hydrogen-bond donors (Lipinski definition) is 0. The monoisotopic (exact) mass is 393 g/mol. The number of aromatic nitrogens is 5. The lowest BCUT2D eigenvalue weighted by Crippen LogP contribution is -2.54. The van der Waals surface area contributed by atoms with Crippen molar-refractivity contribution in [1.82, 2.24) is 29.9 Å². The number of anilines is 1. The molecule has 0 unspecified atom stereocenters. The molecule has 29 heavy (non-hydrogen) atoms. The van der Waals surface area contributed by atoms with E-state index in [4.69, 9.17) is 9.47 Å². The molecule has 4 heterocycles. The standard InChI is InChI=1S/C19H19N7O3/c27-19(16-11-28-14-3-1-2-4-15(14)29-16)25-9-7-24(8-10-25)17-5-6-18(23-22-17)26-13-20-12-21-26/h1-6,12-13,16H,7-11H2/t16-/m0/s1. The minimum absolute atomic E-state index is 0.0493. The van der Waals surface area contributed by atoms with E-state index in [0.717, 1.165) is 5.82 Å². The molecule has 0 saturated carbocycles. The first kappa shape index (κ1) is 17.4. The topological polar surface area (TPSA) is 98.5 Å². The van der Waals surface area contributed by atoms with Crippen LogP contribution in [0.15, 0.2) is 49.1 Å². The fraction of sp³-hybridized carbons (Fsp3) is 0.316. The van der Waals surface area contributed by atoms with Crippen molar-refractivity contribution >= 4 is 11.7 Å². The van der Waals surface area contributed by atoms with Crippen LogP contribution in [0.25, 0.3) is 5.82 Å². The summed E-state index contributed by atoms with van der Waals surface area (Å²) in [6, 6.07) is 11.1. The molecule has 1 fully saturated rings. The quantitative estimate of drug-likeness (QED) is 0.636. The summed E-state index contributed by atoms with van der Waals surface area (Å²) in [6.07, 6.45) is 2.41. The second kappa shape index (κ2) is 7.38. The van der Waals surface area contributed by atoms with Gasteiger partial charge >= 0.3 is 0 Å². The molecule has 3 aromatic rings. The number of carbonyl (C=O) groups is 1. The third-order valence-corrected chi connectivity index (χ3v) is 4.99. The summed E-state index contributed by atoms with van der Waals surface area (Å²) in [5.41, 5.74) is 0. The lowest BCUT2D eigenvalue weighted by Gasteiger charge is -2.37. The van der Waals surface area contributed by atoms with E-state index in [-0.39, 0.29) is 12.5 Å². The number of piperazine rings is 1. The van der Waals surface area contributed by atoms with Gasteiger partial charge in [0.25, 0.3) is 5.91 Å². The molecule has 2 aliphatic heterocycles. The molecule has 1 amide bonds. The van der Waals surface area contributed by atoms with E-state index >= 15 is 0 Å². The van der Waals surface area contributed by atoms with Crippen LogP contribution in [-0.2, 0) is 4.79 Å². The van der Waals surface area contributed by atoms with Crippen LogP contribution in [0.3, 0.4) is 0 Å². The third-order valence-electron chi connectivity index (χ3n) is 4.99. The molecule has 2 aromatic heterocycles. The van der Waals surface area contributed by atoms with E-state index in [1.54, 1.807) is 11.0 Å². The molecule has 2 aliphatic rings. The third kappa shape index (κ3) is 3.44. The first-order chi connectivity index (χ1) is 14.3. The van der Waals surface area contributed by atoms with E-state index in [9.17, 15) is 4.79 Å². The Hall–Kier alpha value is -3.69. The first-order valence-corrected chi connectivity index (χ1v) is 9.39. The zero-order valence-electron chi connectivity index (χ0n) is 15.6. The van der Waals surface area contributed by atoms with E-state index in [1.807, 2.05) is 41.3 Å². The predicted octanol–water partition coefficient (Wildman–Crippen LogP) is 0.546. The highest BCUT2D eigenvalue weighted by Gasteiger charge is 2.32. The number of ether oxygens (including phenoxy) is 2. The van der Waals surface area contributed by atoms with Gasteiger partial charge in [-0.3, -0.25) is 4.79 Å². The predicted molar refractivity (Wildman–Crippen MR) is 102 cm³/mol. The lowest BCUT2D eigenvalue weighted by atomic mass is 10.2. The van der Waals surface area contributed by atoms with Crippen molar-refractivity contribution in [2.75, 3.05) is 37.7 Å². The maximum absolute atomic E-state index is 12.8. The van der Waals surface area contributed by atoms with Crippen molar-refractivity contribution in [3.8, 4) is 17.3 Å². The number of fused-ring (bicyclic) bond motifs is 1. The second-order valence-electron chi connectivity index (χ2n) is 6.77. The van der Waals surface area contributed by atoms with Crippen LogP contribution in [0.2, 0.25) is 0 Å². The maximum Gasteiger partial charge on any atom is 0.267 e. The second-order valence-corrected chi connectivity index (χ2v) is 6.77. The fourth-order valence-corrected chi connectivity index (χ4v) is 3.44. The number of para-hydroxylation sites is 2. The summed E-state index contributed by atoms with van der Waals surface area (Å²) < 4.78 is 13.1. The Bertz CT molecular complexity index is 985. The molecular formula is C19H19N7O3. The molecule has 0 N–H and O–H groups in total. The SMILES string of the molecule is O=C([C@@H]1COc2ccccc2O1)N1CCN(c2ccc(-n3cncn3)nn2)CC1. The van der Waals surface area contributed by atoms with Crippen molar-refractivity contribution in [2.45, 2.75) is 6.10 Å². The number of rotatable bonds is 3. The van der Waals surface area contributed by atoms with Crippen molar-refractivity contribution in [2.24, 2.45) is 0 Å². The number of benzene rings is 1. The van der Waals surface area contributed by atoms with Gasteiger partial charge in [0.1, 0.15) is 19.3 Å². The van der Waals surface area contributed by atoms with Gasteiger partial charge < -0.3 is 19.3 Å². The number of carbonyl (C=O) groups excluding carboxylic acids is 1. The molecular weight excluding hydrogens is 374 g/mol. The van der Waals surface area contributed by atoms with Crippen molar-refractivity contribution < 1.29 is 14.3 Å². The molecule has 148 valence electrons. The van der Waals surface area contributed by atoms with Crippen molar-refractivity contribution in [3.05, 3.63) is 49.1 Å². The van der Waals surface area contributed by atoms with E-state index < -0.39 is 6.10 Å². The number of hydrogen-bond acceptors (Lipinski definition) is 8. The fourth-order valence-electron chi connectivity index (χ4n) is 3.44. The molecule has 1 atom stereocenters. The van der Waals surface area contributed by atoms with Crippen LogP contribution in [0.1, 0.15) is 0 Å². The van der Waals surface area contributed by atoms with Crippen LogP contribution < -0.4 is 14.4 Å². The van der Waals surface area contributed by atoms with Gasteiger partial charge in [0.05, 0.1) is 0 Å². The van der Waals surface area contributed by atoms with Gasteiger partial charge in [-0.05, 0) is 24.3 Å². The zero-order chi connectivity index (χ0) is 19.6. The minimum Gasteiger partial charge on any atom is -0.485 e. The van der Waals surface area contributed by atoms with Crippen LogP contribution in [-0.4, -0.2) is 74.7 Å². The Morgan fingerprint density at radius 1 is 0.966 bits per heavy atom. The number of nitrogens with zero attached hydrogens (tertiary/aromatic N) is 7. The average Bonchev–Trinajstić information content (AvgIpc) is 3.33. The molecule has 10 nitrogen and oxygen atoms in total. The van der Waals surface area contributed by atoms with Gasteiger partial charge in [0.2, 0.25) is 6.10 Å². The Morgan fingerprint density at radius 3 is 2.45 bits per heavy atom. The van der Waals surface area contributed by atoms with E-state index in [1.165, 1.54) is 6.33 Å². The maximum atomic E-state index is 12.8. The van der Waals surface area contributed by atoms with Crippen LogP contribution in [0, 0.1) is 0 Å². The summed E-state index contributed by atoms with van der Waals surface area (Å²) in [4.78, 5) is 20.7. The molecule has 1 aromatic carbocycles. The Kier molecular flexibility index (Phi) is 4.43. The molecule has 0 aliphatic carbocycles. The molecule has 0 bridgehead atoms. The average molecular weight is 393 g/mol. The highest BCUT2D eigenvalue weighted by molar-refractivity contribution is 5.82. The van der Waals surface area contributed by atoms with Crippen LogP contribution in [0.5, 0.6) is 11.5 Å². The molecule has 0 radical (unpaired) electrons. The molecule has 0 spiro atoms. The highest BCUT2D eigenvalue weighted by Crippen LogP contribution is 2.31. The summed E-state index contributed by atoms with van der Waals surface area (Å²) in [7, 11) is 0. The Balaban J connectivity index is 1.19. The van der Waals surface area contributed by atoms with Gasteiger partial charge in [0, 0.05) is 26.2 Å². The van der Waals surface area contributed by atoms with Gasteiger partial charge in [-0.25, -0.2) is 9.67 Å². The number of amides is 1. The summed E-state index contributed by atoms with van der Waals surface area (Å²) in [5, 5.41) is 12.5. The zero-order valence-corrected chi connectivity index (χ0v) is 15.6. The van der Waals surface area contributed by atoms with Gasteiger partial charge in [-0.1, -0.05) is 12.1 Å². The van der Waals surface area contributed by atoms with E-state index in [0.29, 0.717) is 43.5 Å². The lowest BCUT2D eigenvalue weighted by molar-refractivity contribution is -0.141. The minimum atomic E-state index is -0.613. The highest BCUT2D eigenvalue weighted by atomic mass is 16.6. The van der Waals surface area contributed by atoms with Crippen LogP contribution in [0.4, 0.5) is 5.82 Å². The molecule has 1 saturated heterocycles. The summed E-state index contributed by atoms with van der Waals surface area (Å²) in [6.45, 7) is 2.76. The Morgan fingerprint density at radius 2 is 1.72 bits per heavy atom. The molecule has 10 heteroatoms. The van der Waals surface area contributed by atoms with Gasteiger partial charge in [-0.2, -0.15) is 5.10 Å². The van der Waals surface area contributed by atoms with Crippen LogP contribution >= 0.6 is 0 Å². The van der Waals surface area contributed by atoms with Gasteiger partial charge in [-0.15, -0.1) is 10.2 Å². The van der Waals surface area contributed by atoms with Crippen molar-refractivity contribution in [3.63, 3.8) is 0 Å². The summed E-state index contributed by atoms with van der Waals surface area (Å²) >= 11 is 0. The normalized spacial score (nSPS) is 18.6. The summed E-state index contributed by atoms with van der Waals surface area (Å²) in [5.74, 6) is 2.61. The first-order valence-electron chi connectivity index (χ1n) is 9.39. The smallest absolute Gasteiger partial charge is 0.267 e. The molecule has 5 rings (SSSR count). The Labute approximate surface area is 166 Å². The van der Waals surface area contributed by atoms with Gasteiger partial charge in [0.15, 0.2) is 23.1 Å². The van der Waals surface area contributed by atoms with E-state index in [2.05, 4.69) is 25.2 Å². The van der Waals surface area contributed by atoms with Crippen molar-refractivity contribution in [1.29, 1.82) is 0 Å².